The molecule has 0 bridgehead atoms. The van der Waals surface area contributed by atoms with Gasteiger partial charge >= 0.3 is 6.03 Å². The van der Waals surface area contributed by atoms with Crippen molar-refractivity contribution in [2.45, 2.75) is 19.9 Å². The lowest BCUT2D eigenvalue weighted by Gasteiger charge is -2.11. The molecule has 1 heterocycles. The zero-order valence-corrected chi connectivity index (χ0v) is 11.8. The van der Waals surface area contributed by atoms with Gasteiger partial charge in [0.15, 0.2) is 0 Å². The van der Waals surface area contributed by atoms with Crippen LogP contribution in [0.3, 0.4) is 0 Å². The van der Waals surface area contributed by atoms with Crippen molar-refractivity contribution in [3.05, 3.63) is 48.4 Å². The van der Waals surface area contributed by atoms with Crippen molar-refractivity contribution in [1.82, 2.24) is 5.32 Å². The second-order valence-corrected chi connectivity index (χ2v) is 4.80. The van der Waals surface area contributed by atoms with Crippen LogP contribution < -0.4 is 16.0 Å². The van der Waals surface area contributed by atoms with Crippen LogP contribution in [-0.2, 0) is 0 Å². The summed E-state index contributed by atoms with van der Waals surface area (Å²) in [7, 11) is 0. The number of urea groups is 1. The second-order valence-electron chi connectivity index (χ2n) is 4.80. The Labute approximate surface area is 122 Å². The van der Waals surface area contributed by atoms with Crippen LogP contribution in [-0.4, -0.2) is 18.0 Å². The topological polar surface area (TPSA) is 83.4 Å². The van der Waals surface area contributed by atoms with Crippen LogP contribution in [0.2, 0.25) is 0 Å². The predicted octanol–water partition coefficient (Wildman–Crippen LogP) is 3.06. The average molecular weight is 287 g/mol. The standard InChI is InChI=1S/C15H17N3O3/c1-10(2)16-15(20)18-13-5-3-4-12(8-13)17-14(19)11-6-7-21-9-11/h3-10H,1-2H3,(H,17,19)(H2,16,18,20). The van der Waals surface area contributed by atoms with Crippen molar-refractivity contribution in [3.8, 4) is 0 Å². The zero-order valence-electron chi connectivity index (χ0n) is 11.8. The molecule has 0 aliphatic heterocycles. The Balaban J connectivity index is 2.01. The van der Waals surface area contributed by atoms with Gasteiger partial charge in [-0.25, -0.2) is 4.79 Å². The van der Waals surface area contributed by atoms with Crippen LogP contribution >= 0.6 is 0 Å². The summed E-state index contributed by atoms with van der Waals surface area (Å²) in [5.74, 6) is -0.271. The largest absolute Gasteiger partial charge is 0.472 e. The van der Waals surface area contributed by atoms with Gasteiger partial charge in [0.25, 0.3) is 5.91 Å². The fourth-order valence-electron chi connectivity index (χ4n) is 1.70. The molecule has 0 unspecified atom stereocenters. The molecule has 0 radical (unpaired) electrons. The van der Waals surface area contributed by atoms with E-state index in [1.165, 1.54) is 12.5 Å². The fraction of sp³-hybridized carbons (Fsp3) is 0.200. The quantitative estimate of drug-likeness (QED) is 0.808. The van der Waals surface area contributed by atoms with Gasteiger partial charge in [-0.15, -0.1) is 0 Å². The lowest BCUT2D eigenvalue weighted by atomic mass is 10.2. The highest BCUT2D eigenvalue weighted by atomic mass is 16.3. The van der Waals surface area contributed by atoms with E-state index in [1.807, 2.05) is 13.8 Å². The molecule has 1 aromatic carbocycles. The number of nitrogens with one attached hydrogen (secondary N) is 3. The number of anilines is 2. The van der Waals surface area contributed by atoms with Gasteiger partial charge in [-0.05, 0) is 38.1 Å². The normalized spacial score (nSPS) is 10.2. The maximum absolute atomic E-state index is 11.9. The van der Waals surface area contributed by atoms with Crippen LogP contribution in [0.15, 0.2) is 47.3 Å². The summed E-state index contributed by atoms with van der Waals surface area (Å²) in [6.45, 7) is 3.75. The van der Waals surface area contributed by atoms with Gasteiger partial charge in [-0.2, -0.15) is 0 Å². The molecule has 2 rings (SSSR count). The summed E-state index contributed by atoms with van der Waals surface area (Å²) in [5.41, 5.74) is 1.62. The minimum Gasteiger partial charge on any atom is -0.472 e. The van der Waals surface area contributed by atoms with Gasteiger partial charge < -0.3 is 20.4 Å². The molecule has 3 amide bonds. The second kappa shape index (κ2) is 6.60. The van der Waals surface area contributed by atoms with Gasteiger partial charge in [-0.1, -0.05) is 6.07 Å². The van der Waals surface area contributed by atoms with Crippen molar-refractivity contribution in [2.75, 3.05) is 10.6 Å². The molecule has 1 aromatic heterocycles. The molecule has 0 aliphatic carbocycles. The molecule has 0 fully saturated rings. The molecule has 21 heavy (non-hydrogen) atoms. The number of hydrogen-bond acceptors (Lipinski definition) is 3. The molecule has 110 valence electrons. The molecule has 0 saturated carbocycles. The summed E-state index contributed by atoms with van der Waals surface area (Å²) < 4.78 is 4.86. The summed E-state index contributed by atoms with van der Waals surface area (Å²) in [6.07, 6.45) is 2.80. The third-order valence-corrected chi connectivity index (χ3v) is 2.58. The van der Waals surface area contributed by atoms with E-state index in [0.29, 0.717) is 16.9 Å². The van der Waals surface area contributed by atoms with Gasteiger partial charge in [0.1, 0.15) is 6.26 Å². The minimum absolute atomic E-state index is 0.0500. The molecule has 0 aliphatic rings. The molecule has 6 nitrogen and oxygen atoms in total. The van der Waals surface area contributed by atoms with Crippen molar-refractivity contribution >= 4 is 23.3 Å². The van der Waals surface area contributed by atoms with Gasteiger partial charge in [-0.3, -0.25) is 4.79 Å². The van der Waals surface area contributed by atoms with Gasteiger partial charge in [0.05, 0.1) is 11.8 Å². The smallest absolute Gasteiger partial charge is 0.319 e. The highest BCUT2D eigenvalue weighted by Crippen LogP contribution is 2.16. The summed E-state index contributed by atoms with van der Waals surface area (Å²) in [4.78, 5) is 23.5. The number of hydrogen-bond donors (Lipinski definition) is 3. The number of carbonyl (C=O) groups excluding carboxylic acids is 2. The Bertz CT molecular complexity index is 621. The summed E-state index contributed by atoms with van der Waals surface area (Å²) >= 11 is 0. The van der Waals surface area contributed by atoms with Crippen LogP contribution in [0, 0.1) is 0 Å². The van der Waals surface area contributed by atoms with Crippen LogP contribution in [0.5, 0.6) is 0 Å². The molecule has 0 spiro atoms. The highest BCUT2D eigenvalue weighted by Gasteiger charge is 2.08. The van der Waals surface area contributed by atoms with E-state index in [0.717, 1.165) is 0 Å². The van der Waals surface area contributed by atoms with Crippen molar-refractivity contribution in [2.24, 2.45) is 0 Å². The van der Waals surface area contributed by atoms with Crippen LogP contribution in [0.4, 0.5) is 16.2 Å². The van der Waals surface area contributed by atoms with E-state index in [1.54, 1.807) is 30.3 Å². The first-order chi connectivity index (χ1) is 10.0. The maximum Gasteiger partial charge on any atom is 0.319 e. The predicted molar refractivity (Wildman–Crippen MR) is 80.4 cm³/mol. The summed E-state index contributed by atoms with van der Waals surface area (Å²) in [5, 5.41) is 8.15. The molecule has 3 N–H and O–H groups in total. The lowest BCUT2D eigenvalue weighted by Crippen LogP contribution is -2.34. The van der Waals surface area contributed by atoms with Crippen molar-refractivity contribution in [3.63, 3.8) is 0 Å². The molecular formula is C15H17N3O3. The Kier molecular flexibility index (Phi) is 4.61. The number of benzene rings is 1. The lowest BCUT2D eigenvalue weighted by molar-refractivity contribution is 0.102. The maximum atomic E-state index is 11.9. The number of rotatable bonds is 4. The number of amides is 3. The van der Waals surface area contributed by atoms with Crippen LogP contribution in [0.25, 0.3) is 0 Å². The molecule has 2 aromatic rings. The summed E-state index contributed by atoms with van der Waals surface area (Å²) in [6, 6.07) is 8.25. The SMILES string of the molecule is CC(C)NC(=O)Nc1cccc(NC(=O)c2ccoc2)c1. The van der Waals surface area contributed by atoms with E-state index >= 15 is 0 Å². The first-order valence-electron chi connectivity index (χ1n) is 6.56. The van der Waals surface area contributed by atoms with E-state index in [-0.39, 0.29) is 18.0 Å². The Hall–Kier alpha value is -2.76. The zero-order chi connectivity index (χ0) is 15.2. The number of carbonyl (C=O) groups is 2. The highest BCUT2D eigenvalue weighted by molar-refractivity contribution is 6.04. The van der Waals surface area contributed by atoms with E-state index in [2.05, 4.69) is 16.0 Å². The molecule has 0 atom stereocenters. The Morgan fingerprint density at radius 3 is 2.43 bits per heavy atom. The monoisotopic (exact) mass is 287 g/mol. The first kappa shape index (κ1) is 14.6. The van der Waals surface area contributed by atoms with E-state index < -0.39 is 0 Å². The van der Waals surface area contributed by atoms with Gasteiger partial charge in [0.2, 0.25) is 0 Å². The minimum atomic E-state index is -0.289. The van der Waals surface area contributed by atoms with E-state index in [9.17, 15) is 9.59 Å². The van der Waals surface area contributed by atoms with E-state index in [4.69, 9.17) is 4.42 Å². The average Bonchev–Trinajstić information content (AvgIpc) is 2.91. The van der Waals surface area contributed by atoms with Crippen molar-refractivity contribution in [1.29, 1.82) is 0 Å². The third-order valence-electron chi connectivity index (χ3n) is 2.58. The first-order valence-corrected chi connectivity index (χ1v) is 6.56. The Morgan fingerprint density at radius 1 is 1.10 bits per heavy atom. The third kappa shape index (κ3) is 4.38. The van der Waals surface area contributed by atoms with Crippen molar-refractivity contribution < 1.29 is 14.0 Å². The molecule has 0 saturated heterocycles. The van der Waals surface area contributed by atoms with Crippen LogP contribution in [0.1, 0.15) is 24.2 Å². The van der Waals surface area contributed by atoms with Gasteiger partial charge in [0, 0.05) is 17.4 Å². The fourth-order valence-corrected chi connectivity index (χ4v) is 1.70. The Morgan fingerprint density at radius 2 is 1.81 bits per heavy atom. The number of furan rings is 1. The molecule has 6 heteroatoms. The molecular weight excluding hydrogens is 270 g/mol.